The smallest absolute Gasteiger partial charge is 0.870 e. The Kier molecular flexibility index (Phi) is 8.10. The van der Waals surface area contributed by atoms with Gasteiger partial charge in [0.2, 0.25) is 0 Å². The molecule has 1 aliphatic heterocycles. The van der Waals surface area contributed by atoms with Crippen molar-refractivity contribution in [1.82, 2.24) is 9.78 Å². The summed E-state index contributed by atoms with van der Waals surface area (Å²) in [6.45, 7) is 0.715. The quantitative estimate of drug-likeness (QED) is 0.470. The van der Waals surface area contributed by atoms with Gasteiger partial charge in [0, 0.05) is 17.6 Å². The number of aromatic nitrogens is 2. The van der Waals surface area contributed by atoms with Gasteiger partial charge in [-0.05, 0) is 66.4 Å². The van der Waals surface area contributed by atoms with Crippen LogP contribution in [-0.2, 0) is 4.74 Å². The van der Waals surface area contributed by atoms with E-state index in [1.165, 1.54) is 0 Å². The number of methoxy groups -OCH3 is 1. The van der Waals surface area contributed by atoms with E-state index in [0.717, 1.165) is 57.9 Å². The van der Waals surface area contributed by atoms with Crippen LogP contribution in [0.2, 0.25) is 0 Å². The second-order valence-corrected chi connectivity index (χ2v) is 7.58. The van der Waals surface area contributed by atoms with Crippen LogP contribution < -0.4 is 56.1 Å². The third-order valence-electron chi connectivity index (χ3n) is 5.70. The van der Waals surface area contributed by atoms with Crippen molar-refractivity contribution in [2.24, 2.45) is 0 Å². The Morgan fingerprint density at radius 1 is 1.09 bits per heavy atom. The summed E-state index contributed by atoms with van der Waals surface area (Å²) < 4.78 is 13.2. The zero-order valence-corrected chi connectivity index (χ0v) is 21.2. The summed E-state index contributed by atoms with van der Waals surface area (Å²) in [5.41, 5.74) is 2.84. The predicted octanol–water partition coefficient (Wildman–Crippen LogP) is 2.09. The van der Waals surface area contributed by atoms with Gasteiger partial charge in [0.1, 0.15) is 11.4 Å². The van der Waals surface area contributed by atoms with Crippen LogP contribution in [0.3, 0.4) is 0 Å². The number of benzene rings is 3. The summed E-state index contributed by atoms with van der Waals surface area (Å²) in [5, 5.41) is 17.3. The zero-order valence-electron chi connectivity index (χ0n) is 18.1. The van der Waals surface area contributed by atoms with Gasteiger partial charge in [-0.2, -0.15) is 5.10 Å². The number of carboxylic acid groups (broad SMARTS) is 1. The fourth-order valence-electron chi connectivity index (χ4n) is 4.12. The topological polar surface area (TPSA) is 104 Å². The van der Waals surface area contributed by atoms with Gasteiger partial charge in [-0.15, -0.1) is 0 Å². The standard InChI is InChI=1S/C24H22N2O4.K.H2O/c1-29-19-9-7-15-12-17(6-5-16(15)13-19)23-20-14-18(24(27)28)8-10-21(20)26(25-23)22-4-2-3-11-30-22;;/h5-10,12-14,22H,2-4,11H2,1H3,(H,27,28);;1H2/q;+1;/p-1. The minimum Gasteiger partial charge on any atom is -0.870 e. The van der Waals surface area contributed by atoms with E-state index in [-0.39, 0.29) is 68.7 Å². The molecule has 1 atom stereocenters. The average Bonchev–Trinajstić information content (AvgIpc) is 3.18. The first-order valence-electron chi connectivity index (χ1n) is 10.1. The molecular weight excluding hydrogens is 435 g/mol. The van der Waals surface area contributed by atoms with Crippen LogP contribution in [0, 0.1) is 0 Å². The van der Waals surface area contributed by atoms with Crippen LogP contribution >= 0.6 is 0 Å². The molecule has 0 bridgehead atoms. The number of carbonyl (C=O) groups is 1. The molecule has 0 saturated carbocycles. The number of hydrogen-bond acceptors (Lipinski definition) is 5. The maximum absolute atomic E-state index is 11.6. The van der Waals surface area contributed by atoms with Crippen LogP contribution in [-0.4, -0.2) is 40.0 Å². The average molecular weight is 459 g/mol. The molecule has 7 nitrogen and oxygen atoms in total. The van der Waals surface area contributed by atoms with Gasteiger partial charge in [0.15, 0.2) is 6.23 Å². The number of nitrogens with zero attached hydrogens (tertiary/aromatic N) is 2. The van der Waals surface area contributed by atoms with E-state index < -0.39 is 5.97 Å². The van der Waals surface area contributed by atoms with Gasteiger partial charge in [-0.3, -0.25) is 0 Å². The number of fused-ring (bicyclic) bond motifs is 2. The summed E-state index contributed by atoms with van der Waals surface area (Å²) in [6, 6.07) is 17.2. The van der Waals surface area contributed by atoms with E-state index in [1.54, 1.807) is 19.2 Å². The van der Waals surface area contributed by atoms with Crippen molar-refractivity contribution in [1.29, 1.82) is 0 Å². The summed E-state index contributed by atoms with van der Waals surface area (Å²) in [6.07, 6.45) is 2.91. The van der Waals surface area contributed by atoms with Crippen LogP contribution in [0.1, 0.15) is 35.8 Å². The number of hydrogen-bond donors (Lipinski definition) is 1. The van der Waals surface area contributed by atoms with Crippen LogP contribution in [0.15, 0.2) is 54.6 Å². The van der Waals surface area contributed by atoms with Gasteiger partial charge in [-0.1, -0.05) is 18.2 Å². The molecule has 160 valence electrons. The molecule has 0 aliphatic carbocycles. The normalized spacial score (nSPS) is 15.7. The molecule has 0 amide bonds. The molecule has 32 heavy (non-hydrogen) atoms. The summed E-state index contributed by atoms with van der Waals surface area (Å²) in [7, 11) is 1.65. The van der Waals surface area contributed by atoms with E-state index in [1.807, 2.05) is 41.1 Å². The van der Waals surface area contributed by atoms with Crippen molar-refractivity contribution in [2.75, 3.05) is 13.7 Å². The van der Waals surface area contributed by atoms with Crippen molar-refractivity contribution in [3.05, 3.63) is 60.2 Å². The van der Waals surface area contributed by atoms with Crippen molar-refractivity contribution in [3.8, 4) is 17.0 Å². The van der Waals surface area contributed by atoms with Gasteiger partial charge in [0.05, 0.1) is 18.2 Å². The maximum atomic E-state index is 11.6. The third-order valence-corrected chi connectivity index (χ3v) is 5.70. The van der Waals surface area contributed by atoms with Crippen molar-refractivity contribution in [2.45, 2.75) is 25.5 Å². The molecule has 2 heterocycles. The van der Waals surface area contributed by atoms with Crippen molar-refractivity contribution < 1.29 is 76.2 Å². The molecule has 1 fully saturated rings. The minimum absolute atomic E-state index is 0. The number of aromatic carboxylic acids is 1. The molecule has 1 unspecified atom stereocenters. The second-order valence-electron chi connectivity index (χ2n) is 7.58. The zero-order chi connectivity index (χ0) is 20.7. The molecule has 2 N–H and O–H groups in total. The third kappa shape index (κ3) is 4.63. The summed E-state index contributed by atoms with van der Waals surface area (Å²) in [4.78, 5) is 11.6. The Bertz CT molecular complexity index is 1260. The fourth-order valence-corrected chi connectivity index (χ4v) is 4.12. The minimum atomic E-state index is -0.949. The number of ether oxygens (including phenoxy) is 2. The Hall–Kier alpha value is -1.78. The molecule has 4 aromatic rings. The van der Waals surface area contributed by atoms with E-state index in [0.29, 0.717) is 6.61 Å². The molecule has 0 radical (unpaired) electrons. The Labute approximate surface area is 228 Å². The van der Waals surface area contributed by atoms with Crippen LogP contribution in [0.4, 0.5) is 0 Å². The molecule has 0 spiro atoms. The van der Waals surface area contributed by atoms with Crippen molar-refractivity contribution in [3.63, 3.8) is 0 Å². The number of carboxylic acids is 1. The molecule has 3 aromatic carbocycles. The van der Waals surface area contributed by atoms with Crippen molar-refractivity contribution >= 4 is 27.6 Å². The van der Waals surface area contributed by atoms with E-state index in [4.69, 9.17) is 14.6 Å². The molecule has 8 heteroatoms. The van der Waals surface area contributed by atoms with Gasteiger partial charge < -0.3 is 20.1 Å². The fraction of sp³-hybridized carbons (Fsp3) is 0.250. The SMILES string of the molecule is COc1ccc2cc(-c3nn(C4CCCCO4)c4ccc(C(=O)O)cc34)ccc2c1.[K+].[OH-]. The Morgan fingerprint density at radius 3 is 2.59 bits per heavy atom. The first-order valence-corrected chi connectivity index (χ1v) is 10.1. The van der Waals surface area contributed by atoms with E-state index >= 15 is 0 Å². The van der Waals surface area contributed by atoms with Crippen LogP contribution in [0.25, 0.3) is 32.9 Å². The van der Waals surface area contributed by atoms with Crippen LogP contribution in [0.5, 0.6) is 5.75 Å². The first-order chi connectivity index (χ1) is 14.6. The van der Waals surface area contributed by atoms with Gasteiger partial charge in [0.25, 0.3) is 0 Å². The molecule has 5 rings (SSSR count). The monoisotopic (exact) mass is 458 g/mol. The molecule has 1 saturated heterocycles. The Morgan fingerprint density at radius 2 is 1.88 bits per heavy atom. The first kappa shape index (κ1) is 24.9. The number of rotatable bonds is 4. The van der Waals surface area contributed by atoms with Gasteiger partial charge in [-0.25, -0.2) is 9.48 Å². The molecule has 1 aliphatic rings. The predicted molar refractivity (Wildman–Crippen MR) is 117 cm³/mol. The largest absolute Gasteiger partial charge is 1.00 e. The van der Waals surface area contributed by atoms with E-state index in [9.17, 15) is 9.90 Å². The maximum Gasteiger partial charge on any atom is 1.00 e. The van der Waals surface area contributed by atoms with E-state index in [2.05, 4.69) is 6.07 Å². The molecule has 1 aromatic heterocycles. The summed E-state index contributed by atoms with van der Waals surface area (Å²) in [5.74, 6) is -0.138. The second kappa shape index (κ2) is 10.4. The Balaban J connectivity index is 0.00000144. The molecular formula is C24H23KN2O5. The summed E-state index contributed by atoms with van der Waals surface area (Å²) >= 11 is 0. The van der Waals surface area contributed by atoms with Gasteiger partial charge >= 0.3 is 57.4 Å².